The largest absolute Gasteiger partial charge is 0.493 e. The van der Waals surface area contributed by atoms with E-state index in [0.717, 1.165) is 6.29 Å². The molecule has 1 unspecified atom stereocenters. The van der Waals surface area contributed by atoms with E-state index in [1.54, 1.807) is 19.2 Å². The normalized spacial score (nSPS) is 11.7. The van der Waals surface area contributed by atoms with E-state index < -0.39 is 5.92 Å². The third kappa shape index (κ3) is 3.99. The molecule has 0 amide bonds. The molecule has 2 rings (SSSR count). The molecule has 0 aliphatic rings. The molecule has 1 aromatic carbocycles. The van der Waals surface area contributed by atoms with Crippen molar-refractivity contribution in [1.82, 2.24) is 4.98 Å². The second kappa shape index (κ2) is 8.92. The number of ether oxygens (including phenoxy) is 3. The molecule has 0 aliphatic carbocycles. The quantitative estimate of drug-likeness (QED) is 0.626. The number of halogens is 2. The molecule has 0 saturated heterocycles. The molecular formula is C18H19Cl2NO4. The number of aromatic nitrogens is 1. The van der Waals surface area contributed by atoms with Crippen LogP contribution >= 0.6 is 23.2 Å². The van der Waals surface area contributed by atoms with Crippen LogP contribution in [0.2, 0.25) is 10.0 Å². The number of pyridine rings is 1. The van der Waals surface area contributed by atoms with E-state index >= 15 is 0 Å². The van der Waals surface area contributed by atoms with Crippen molar-refractivity contribution in [3.63, 3.8) is 0 Å². The zero-order valence-corrected chi connectivity index (χ0v) is 15.7. The Morgan fingerprint density at radius 1 is 1.08 bits per heavy atom. The first kappa shape index (κ1) is 19.3. The summed E-state index contributed by atoms with van der Waals surface area (Å²) < 4.78 is 16.8. The van der Waals surface area contributed by atoms with E-state index in [2.05, 4.69) is 4.98 Å². The minimum absolute atomic E-state index is 0.306. The van der Waals surface area contributed by atoms with Gasteiger partial charge < -0.3 is 19.0 Å². The average molecular weight is 384 g/mol. The van der Waals surface area contributed by atoms with Gasteiger partial charge in [-0.2, -0.15) is 0 Å². The first-order valence-corrected chi connectivity index (χ1v) is 8.55. The molecule has 0 spiro atoms. The molecule has 0 bridgehead atoms. The van der Waals surface area contributed by atoms with Crippen LogP contribution < -0.4 is 14.2 Å². The summed E-state index contributed by atoms with van der Waals surface area (Å²) in [7, 11) is 1.54. The lowest BCUT2D eigenvalue weighted by molar-refractivity contribution is -0.108. The SMILES string of the molecule is CCOc1c(OC)ccc(C(C=O)c2c(Cl)cncc2Cl)c1OCC. The highest BCUT2D eigenvalue weighted by Crippen LogP contribution is 2.46. The molecule has 25 heavy (non-hydrogen) atoms. The number of methoxy groups -OCH3 is 1. The van der Waals surface area contributed by atoms with Crippen LogP contribution in [0.15, 0.2) is 24.5 Å². The maximum atomic E-state index is 11.9. The first-order chi connectivity index (χ1) is 12.1. The van der Waals surface area contributed by atoms with Crippen LogP contribution in [0.1, 0.15) is 30.9 Å². The van der Waals surface area contributed by atoms with Crippen molar-refractivity contribution in [3.8, 4) is 17.2 Å². The molecule has 0 radical (unpaired) electrons. The molecule has 5 nitrogen and oxygen atoms in total. The summed E-state index contributed by atoms with van der Waals surface area (Å²) in [6, 6.07) is 3.47. The number of aldehydes is 1. The summed E-state index contributed by atoms with van der Waals surface area (Å²) in [5.41, 5.74) is 1.07. The third-order valence-corrected chi connectivity index (χ3v) is 4.18. The zero-order chi connectivity index (χ0) is 18.4. The average Bonchev–Trinajstić information content (AvgIpc) is 2.60. The van der Waals surface area contributed by atoms with Gasteiger partial charge in [-0.3, -0.25) is 4.98 Å². The minimum Gasteiger partial charge on any atom is -0.493 e. The summed E-state index contributed by atoms with van der Waals surface area (Å²) in [4.78, 5) is 15.9. The van der Waals surface area contributed by atoms with Crippen LogP contribution in [0.5, 0.6) is 17.2 Å². The fourth-order valence-corrected chi connectivity index (χ4v) is 3.15. The second-order valence-corrected chi connectivity index (χ2v) is 5.83. The minimum atomic E-state index is -0.727. The van der Waals surface area contributed by atoms with Crippen LogP contribution in [-0.2, 0) is 4.79 Å². The van der Waals surface area contributed by atoms with Crippen LogP contribution in [0.3, 0.4) is 0 Å². The fourth-order valence-electron chi connectivity index (χ4n) is 2.55. The third-order valence-electron chi connectivity index (χ3n) is 3.58. The highest BCUT2D eigenvalue weighted by atomic mass is 35.5. The topological polar surface area (TPSA) is 57.7 Å². The lowest BCUT2D eigenvalue weighted by Crippen LogP contribution is -2.10. The van der Waals surface area contributed by atoms with Crippen molar-refractivity contribution >= 4 is 29.5 Å². The number of carbonyl (C=O) groups is 1. The predicted octanol–water partition coefficient (Wildman–Crippen LogP) is 4.53. The Morgan fingerprint density at radius 3 is 2.20 bits per heavy atom. The van der Waals surface area contributed by atoms with Gasteiger partial charge in [-0.1, -0.05) is 29.3 Å². The molecule has 0 fully saturated rings. The van der Waals surface area contributed by atoms with Crippen LogP contribution in [-0.4, -0.2) is 31.6 Å². The molecule has 0 N–H and O–H groups in total. The van der Waals surface area contributed by atoms with Gasteiger partial charge >= 0.3 is 0 Å². The van der Waals surface area contributed by atoms with Gasteiger partial charge in [0.2, 0.25) is 5.75 Å². The molecule has 1 aromatic heterocycles. The second-order valence-electron chi connectivity index (χ2n) is 5.01. The Labute approximate surface area is 156 Å². The summed E-state index contributed by atoms with van der Waals surface area (Å²) in [6.45, 7) is 4.52. The molecular weight excluding hydrogens is 365 g/mol. The van der Waals surface area contributed by atoms with Crippen LogP contribution in [0, 0.1) is 0 Å². The lowest BCUT2D eigenvalue weighted by atomic mass is 9.92. The van der Waals surface area contributed by atoms with E-state index in [-0.39, 0.29) is 0 Å². The van der Waals surface area contributed by atoms with Gasteiger partial charge in [0, 0.05) is 23.5 Å². The first-order valence-electron chi connectivity index (χ1n) is 7.79. The Bertz CT molecular complexity index is 732. The van der Waals surface area contributed by atoms with E-state index in [0.29, 0.717) is 51.6 Å². The van der Waals surface area contributed by atoms with Crippen molar-refractivity contribution in [3.05, 3.63) is 45.7 Å². The highest BCUT2D eigenvalue weighted by molar-refractivity contribution is 6.36. The van der Waals surface area contributed by atoms with Gasteiger partial charge in [0.05, 0.1) is 36.3 Å². The van der Waals surface area contributed by atoms with Gasteiger partial charge in [-0.15, -0.1) is 0 Å². The van der Waals surface area contributed by atoms with Crippen molar-refractivity contribution < 1.29 is 19.0 Å². The van der Waals surface area contributed by atoms with Crippen molar-refractivity contribution in [2.24, 2.45) is 0 Å². The van der Waals surface area contributed by atoms with E-state index in [4.69, 9.17) is 37.4 Å². The number of nitrogens with zero attached hydrogens (tertiary/aromatic N) is 1. The number of benzene rings is 1. The Kier molecular flexibility index (Phi) is 6.91. The van der Waals surface area contributed by atoms with Gasteiger partial charge in [0.25, 0.3) is 0 Å². The number of rotatable bonds is 8. The molecule has 134 valence electrons. The Balaban J connectivity index is 2.70. The van der Waals surface area contributed by atoms with E-state index in [9.17, 15) is 4.79 Å². The standard InChI is InChI=1S/C18H19Cl2NO4/c1-4-24-17-11(6-7-15(23-3)18(17)25-5-2)12(10-22)16-13(19)8-21-9-14(16)20/h6-10,12H,4-5H2,1-3H3. The van der Waals surface area contributed by atoms with Gasteiger partial charge in [0.1, 0.15) is 6.29 Å². The molecule has 0 aliphatic heterocycles. The summed E-state index contributed by atoms with van der Waals surface area (Å²) in [5.74, 6) is 0.669. The monoisotopic (exact) mass is 383 g/mol. The van der Waals surface area contributed by atoms with Gasteiger partial charge in [-0.25, -0.2) is 0 Å². The molecule has 0 saturated carbocycles. The highest BCUT2D eigenvalue weighted by Gasteiger charge is 2.27. The zero-order valence-electron chi connectivity index (χ0n) is 14.2. The predicted molar refractivity (Wildman–Crippen MR) is 97.5 cm³/mol. The molecule has 1 heterocycles. The number of carbonyl (C=O) groups excluding carboxylic acids is 1. The van der Waals surface area contributed by atoms with Gasteiger partial charge in [0.15, 0.2) is 11.5 Å². The number of hydrogen-bond donors (Lipinski definition) is 0. The Morgan fingerprint density at radius 2 is 1.68 bits per heavy atom. The van der Waals surface area contributed by atoms with Crippen LogP contribution in [0.4, 0.5) is 0 Å². The summed E-state index contributed by atoms with van der Waals surface area (Å²) >= 11 is 12.5. The fraction of sp³-hybridized carbons (Fsp3) is 0.333. The van der Waals surface area contributed by atoms with E-state index in [1.807, 2.05) is 13.8 Å². The summed E-state index contributed by atoms with van der Waals surface area (Å²) in [5, 5.41) is 0.613. The van der Waals surface area contributed by atoms with Gasteiger partial charge in [-0.05, 0) is 19.9 Å². The molecule has 1 atom stereocenters. The molecule has 2 aromatic rings. The number of hydrogen-bond acceptors (Lipinski definition) is 5. The summed E-state index contributed by atoms with van der Waals surface area (Å²) in [6.07, 6.45) is 3.67. The van der Waals surface area contributed by atoms with Crippen molar-refractivity contribution in [1.29, 1.82) is 0 Å². The van der Waals surface area contributed by atoms with Crippen LogP contribution in [0.25, 0.3) is 0 Å². The Hall–Kier alpha value is -1.98. The van der Waals surface area contributed by atoms with E-state index in [1.165, 1.54) is 12.4 Å². The smallest absolute Gasteiger partial charge is 0.203 e. The van der Waals surface area contributed by atoms with Crippen molar-refractivity contribution in [2.45, 2.75) is 19.8 Å². The van der Waals surface area contributed by atoms with Crippen molar-refractivity contribution in [2.75, 3.05) is 20.3 Å². The maximum Gasteiger partial charge on any atom is 0.203 e. The lowest BCUT2D eigenvalue weighted by Gasteiger charge is -2.21. The maximum absolute atomic E-state index is 11.9. The molecule has 7 heteroatoms.